The number of nitrogens with one attached hydrogen (secondary N) is 3. The van der Waals surface area contributed by atoms with Crippen LogP contribution in [0.15, 0.2) is 15.0 Å². The van der Waals surface area contributed by atoms with Crippen LogP contribution in [-0.2, 0) is 9.53 Å². The minimum absolute atomic E-state index is 0.0833. The topological polar surface area (TPSA) is 228 Å². The SMILES string of the molecule is CC(=O)P.CN=C(NC)OC(=O)P.CN=C=NC.CNC(=O)NC.CO.CP.O=C(O)P.O=C(O)P. The Morgan fingerprint density at radius 3 is 1.03 bits per heavy atom. The first-order chi connectivity index (χ1) is 16.6. The van der Waals surface area contributed by atoms with Crippen molar-refractivity contribution >= 4 is 86.9 Å². The third kappa shape index (κ3) is 209. The lowest BCUT2D eigenvalue weighted by molar-refractivity contribution is -0.109. The molecule has 0 aliphatic heterocycles. The van der Waals surface area contributed by atoms with Crippen molar-refractivity contribution in [2.24, 2.45) is 15.0 Å². The fourth-order valence-corrected chi connectivity index (χ4v) is 0.640. The number of rotatable bonds is 0. The highest BCUT2D eigenvalue weighted by Gasteiger charge is 1.96. The average molecular weight is 618 g/mol. The third-order valence-corrected chi connectivity index (χ3v) is 1.39. The van der Waals surface area contributed by atoms with Gasteiger partial charge in [0.15, 0.2) is 0 Å². The Labute approximate surface area is 225 Å². The highest BCUT2D eigenvalue weighted by atomic mass is 31.0. The average Bonchev–Trinajstić information content (AvgIpc) is 2.79. The molecule has 0 spiro atoms. The van der Waals surface area contributed by atoms with Gasteiger partial charge in [-0.1, -0.05) is 15.9 Å². The Morgan fingerprint density at radius 2 is 1.00 bits per heavy atom. The molecule has 15 nitrogen and oxygen atoms in total. The van der Waals surface area contributed by atoms with Gasteiger partial charge in [0.1, 0.15) is 5.52 Å². The van der Waals surface area contributed by atoms with Crippen molar-refractivity contribution in [3.8, 4) is 0 Å². The smallest absolute Gasteiger partial charge is 0.327 e. The summed E-state index contributed by atoms with van der Waals surface area (Å²) in [6.07, 6.45) is 0. The van der Waals surface area contributed by atoms with Crippen LogP contribution >= 0.6 is 46.2 Å². The summed E-state index contributed by atoms with van der Waals surface area (Å²) in [5.41, 5.74) is -2.20. The second-order valence-electron chi connectivity index (χ2n) is 3.86. The van der Waals surface area contributed by atoms with Gasteiger partial charge in [0.05, 0.1) is 6.01 Å². The Morgan fingerprint density at radius 1 is 0.750 bits per heavy atom. The van der Waals surface area contributed by atoms with E-state index < -0.39 is 17.1 Å². The quantitative estimate of drug-likeness (QED) is 0.131. The molecule has 0 radical (unpaired) electrons. The van der Waals surface area contributed by atoms with Crippen LogP contribution < -0.4 is 16.0 Å². The van der Waals surface area contributed by atoms with Crippen LogP contribution in [-0.4, -0.2) is 112 Å². The van der Waals surface area contributed by atoms with Crippen LogP contribution in [0.25, 0.3) is 0 Å². The van der Waals surface area contributed by atoms with Gasteiger partial charge in [0, 0.05) is 49.4 Å². The van der Waals surface area contributed by atoms with Crippen molar-refractivity contribution in [2.45, 2.75) is 6.92 Å². The van der Waals surface area contributed by atoms with Gasteiger partial charge in [0.25, 0.3) is 6.02 Å². The molecule has 0 heterocycles. The first kappa shape index (κ1) is 55.0. The van der Waals surface area contributed by atoms with Gasteiger partial charge in [0.2, 0.25) is 0 Å². The first-order valence-corrected chi connectivity index (χ1v) is 12.3. The molecule has 6 N–H and O–H groups in total. The maximum atomic E-state index is 10.2. The van der Waals surface area contributed by atoms with E-state index in [1.165, 1.54) is 14.0 Å². The van der Waals surface area contributed by atoms with Gasteiger partial charge in [-0.2, -0.15) is 0 Å². The number of amidine groups is 1. The van der Waals surface area contributed by atoms with E-state index in [0.717, 1.165) is 7.11 Å². The minimum Gasteiger partial charge on any atom is -0.479 e. The molecule has 0 fully saturated rings. The number of aliphatic hydroxyl groups excluding tert-OH is 1. The van der Waals surface area contributed by atoms with E-state index in [9.17, 15) is 14.4 Å². The number of ether oxygens (including phenoxy) is 1. The summed E-state index contributed by atoms with van der Waals surface area (Å²) >= 11 is 0. The zero-order chi connectivity index (χ0) is 31.1. The Hall–Kier alpha value is -1.69. The summed E-state index contributed by atoms with van der Waals surface area (Å²) in [5.74, 6) is 0. The van der Waals surface area contributed by atoms with Gasteiger partial charge < -0.3 is 36.0 Å². The van der Waals surface area contributed by atoms with Gasteiger partial charge in [-0.3, -0.25) is 4.79 Å². The molecule has 0 saturated heterocycles. The van der Waals surface area contributed by atoms with Crippen LogP contribution in [0.2, 0.25) is 0 Å². The molecule has 2 amide bonds. The molecule has 36 heavy (non-hydrogen) atoms. The molecule has 0 aliphatic rings. The number of carbonyl (C=O) groups is 5. The lowest BCUT2D eigenvalue weighted by Crippen LogP contribution is -2.28. The molecule has 0 aliphatic carbocycles. The van der Waals surface area contributed by atoms with Crippen molar-refractivity contribution < 1.29 is 44.0 Å². The summed E-state index contributed by atoms with van der Waals surface area (Å²) in [7, 11) is 20.0. The molecule has 0 aromatic rings. The van der Waals surface area contributed by atoms with E-state index in [1.54, 1.807) is 53.7 Å². The van der Waals surface area contributed by atoms with Crippen LogP contribution in [0, 0.1) is 0 Å². The van der Waals surface area contributed by atoms with E-state index in [4.69, 9.17) is 24.9 Å². The van der Waals surface area contributed by atoms with Crippen LogP contribution in [0.4, 0.5) is 19.2 Å². The summed E-state index contributed by atoms with van der Waals surface area (Å²) < 4.78 is 4.51. The van der Waals surface area contributed by atoms with E-state index in [0.29, 0.717) is 0 Å². The number of carboxylic acid groups (broad SMARTS) is 2. The second kappa shape index (κ2) is 58.8. The predicted octanol–water partition coefficient (Wildman–Crippen LogP) is 1.76. The zero-order valence-electron chi connectivity index (χ0n) is 22.0. The third-order valence-electron chi connectivity index (χ3n) is 1.27. The fourth-order valence-electron chi connectivity index (χ4n) is 0.529. The van der Waals surface area contributed by atoms with Gasteiger partial charge in [-0.25, -0.2) is 34.2 Å². The van der Waals surface area contributed by atoms with Crippen LogP contribution in [0.3, 0.4) is 0 Å². The molecule has 0 rings (SSSR count). The van der Waals surface area contributed by atoms with E-state index >= 15 is 0 Å². The number of urea groups is 1. The summed E-state index contributed by atoms with van der Waals surface area (Å²) in [4.78, 5) is 58.0. The highest BCUT2D eigenvalue weighted by Crippen LogP contribution is 1.90. The Kier molecular flexibility index (Phi) is 89.9. The first-order valence-electron chi connectivity index (χ1n) is 8.82. The van der Waals surface area contributed by atoms with Crippen LogP contribution in [0.1, 0.15) is 6.92 Å². The van der Waals surface area contributed by atoms with Crippen molar-refractivity contribution in [3.05, 3.63) is 0 Å². The molecule has 216 valence electrons. The molecular formula is C16H43N6O9P5. The van der Waals surface area contributed by atoms with Crippen molar-refractivity contribution in [1.82, 2.24) is 16.0 Å². The highest BCUT2D eigenvalue weighted by molar-refractivity contribution is 7.40. The normalized spacial score (nSPS) is 7.03. The zero-order valence-corrected chi connectivity index (χ0v) is 27.8. The molecular weight excluding hydrogens is 575 g/mol. The number of aliphatic hydroxyl groups is 1. The van der Waals surface area contributed by atoms with E-state index in [-0.39, 0.29) is 17.6 Å². The molecule has 5 atom stereocenters. The largest absolute Gasteiger partial charge is 0.479 e. The molecule has 20 heteroatoms. The van der Waals surface area contributed by atoms with Gasteiger partial charge in [-0.15, -0.1) is 9.24 Å². The second-order valence-corrected chi connectivity index (χ2v) is 6.14. The monoisotopic (exact) mass is 618 g/mol. The number of carbonyl (C=O) groups excluding carboxylic acids is 3. The van der Waals surface area contributed by atoms with Crippen molar-refractivity contribution in [1.29, 1.82) is 0 Å². The number of nitrogens with zero attached hydrogens (tertiary/aromatic N) is 3. The number of aliphatic imine (C=N–C) groups is 3. The number of amides is 2. The van der Waals surface area contributed by atoms with Gasteiger partial charge in [-0.05, 0) is 34.6 Å². The summed E-state index contributed by atoms with van der Waals surface area (Å²) in [6, 6.07) is 2.42. The minimum atomic E-state index is -0.917. The van der Waals surface area contributed by atoms with Gasteiger partial charge >= 0.3 is 23.2 Å². The molecule has 0 aromatic carbocycles. The molecule has 5 unspecified atom stereocenters. The summed E-state index contributed by atoms with van der Waals surface area (Å²) in [6.45, 7) is 3.41. The fraction of sp³-hybridized carbons (Fsp3) is 0.562. The Bertz CT molecular complexity index is 569. The van der Waals surface area contributed by atoms with Crippen LogP contribution in [0.5, 0.6) is 0 Å². The summed E-state index contributed by atoms with van der Waals surface area (Å²) in [5, 5.41) is 29.1. The Balaban J connectivity index is -0.0000000435. The molecule has 0 aromatic heterocycles. The van der Waals surface area contributed by atoms with E-state index in [1.807, 2.05) is 25.1 Å². The predicted molar refractivity (Wildman–Crippen MR) is 163 cm³/mol. The standard InChI is InChI=1S/C4H9N2O2P.C3H8N2O.C3H6N2.C2H5OP.2CH3O2P.CH4O.CH5P/c1-5-3(6-2)8-4(7)9;1-4-3(6)5-2;1-4-3-5-2;1-2(3)4;2*2-1(3)4;2*1-2/h9H2,1-2H3,(H,5,6);1-2H3,(H2,4,5,6);1-2H3;4H2,1H3;2*4H2,(H,2,3);2H,1H3;2H2,1H3. The lowest BCUT2D eigenvalue weighted by Gasteiger charge is -2.00. The number of hydrogen-bond acceptors (Lipinski definition) is 10. The molecule has 0 saturated carbocycles. The van der Waals surface area contributed by atoms with Crippen molar-refractivity contribution in [3.63, 3.8) is 0 Å². The van der Waals surface area contributed by atoms with Crippen molar-refractivity contribution in [2.75, 3.05) is 56.1 Å². The maximum Gasteiger partial charge on any atom is 0.327 e. The molecule has 0 bridgehead atoms. The van der Waals surface area contributed by atoms with E-state index in [2.05, 4.69) is 50.9 Å². The lowest BCUT2D eigenvalue weighted by atomic mass is 10.9. The number of hydrogen-bond donors (Lipinski definition) is 6. The maximum absolute atomic E-state index is 10.2.